The Balaban J connectivity index is 2.71. The monoisotopic (exact) mass is 620 g/mol. The quantitative estimate of drug-likeness (QED) is 0.314. The highest BCUT2D eigenvalue weighted by Crippen LogP contribution is 2.38. The van der Waals surface area contributed by atoms with Crippen LogP contribution < -0.4 is 0 Å². The molecule has 44 heavy (non-hydrogen) atoms. The van der Waals surface area contributed by atoms with Crippen molar-refractivity contribution in [1.29, 1.82) is 5.26 Å². The number of hydrogen-bond acceptors (Lipinski definition) is 11. The van der Waals surface area contributed by atoms with E-state index in [4.69, 9.17) is 23.7 Å². The summed E-state index contributed by atoms with van der Waals surface area (Å²) < 4.78 is 30.4. The van der Waals surface area contributed by atoms with Gasteiger partial charge in [0.05, 0.1) is 35.8 Å². The highest BCUT2D eigenvalue weighted by atomic mass is 16.7. The van der Waals surface area contributed by atoms with Crippen molar-refractivity contribution in [3.8, 4) is 6.07 Å². The van der Waals surface area contributed by atoms with Crippen LogP contribution in [-0.4, -0.2) is 92.0 Å². The van der Waals surface area contributed by atoms with Crippen molar-refractivity contribution in [2.24, 2.45) is 23.7 Å². The first kappa shape index (κ1) is 37.5. The number of carbonyl (C=O) groups excluding carboxylic acids is 4. The average Bonchev–Trinajstić information content (AvgIpc) is 2.96. The molecule has 0 saturated carbocycles. The molecule has 2 aliphatic rings. The maximum Gasteiger partial charge on any atom is 0.316 e. The summed E-state index contributed by atoms with van der Waals surface area (Å²) in [6.07, 6.45) is -2.88. The van der Waals surface area contributed by atoms with Gasteiger partial charge in [0.1, 0.15) is 17.8 Å². The molecule has 0 unspecified atom stereocenters. The number of cyclic esters (lactones) is 1. The van der Waals surface area contributed by atoms with Crippen molar-refractivity contribution in [2.75, 3.05) is 21.2 Å². The van der Waals surface area contributed by atoms with Crippen LogP contribution in [0.3, 0.4) is 0 Å². The number of ketones is 2. The number of likely N-dealkylation sites (N-methyl/N-ethyl adjacent to an activating group) is 1. The average molecular weight is 621 g/mol. The number of methoxy groups -OCH3 is 1. The van der Waals surface area contributed by atoms with Gasteiger partial charge < -0.3 is 28.6 Å². The van der Waals surface area contributed by atoms with Gasteiger partial charge in [0.25, 0.3) is 0 Å². The predicted octanol–water partition coefficient (Wildman–Crippen LogP) is 4.02. The minimum absolute atomic E-state index is 0.139. The third kappa shape index (κ3) is 8.33. The fourth-order valence-electron chi connectivity index (χ4n) is 6.57. The van der Waals surface area contributed by atoms with Crippen molar-refractivity contribution >= 4 is 23.5 Å². The first-order valence-electron chi connectivity index (χ1n) is 15.5. The van der Waals surface area contributed by atoms with E-state index in [-0.39, 0.29) is 29.9 Å². The van der Waals surface area contributed by atoms with Crippen molar-refractivity contribution < 1.29 is 42.9 Å². The molecule has 2 heterocycles. The second-order valence-corrected chi connectivity index (χ2v) is 12.9. The van der Waals surface area contributed by atoms with E-state index in [2.05, 4.69) is 6.07 Å². The van der Waals surface area contributed by atoms with Gasteiger partial charge in [0.15, 0.2) is 18.2 Å². The molecule has 0 aromatic carbocycles. The zero-order valence-electron chi connectivity index (χ0n) is 28.5. The number of nitrogens with zero attached hydrogens (tertiary/aromatic N) is 2. The van der Waals surface area contributed by atoms with Gasteiger partial charge in [-0.15, -0.1) is 0 Å². The van der Waals surface area contributed by atoms with Crippen LogP contribution >= 0.6 is 0 Å². The molecule has 0 spiro atoms. The molecule has 2 aliphatic heterocycles. The molecular formula is C33H52N2O9. The third-order valence-electron chi connectivity index (χ3n) is 9.30. The van der Waals surface area contributed by atoms with E-state index in [1.165, 1.54) is 21.0 Å². The summed E-state index contributed by atoms with van der Waals surface area (Å²) >= 11 is 0. The largest absolute Gasteiger partial charge is 0.457 e. The second-order valence-electron chi connectivity index (χ2n) is 12.9. The summed E-state index contributed by atoms with van der Waals surface area (Å²) in [6.45, 7) is 15.0. The van der Waals surface area contributed by atoms with Crippen LogP contribution in [-0.2, 0) is 42.9 Å². The number of rotatable bonds is 6. The summed E-state index contributed by atoms with van der Waals surface area (Å²) in [7, 11) is 5.22. The van der Waals surface area contributed by atoms with Crippen LogP contribution in [0.2, 0.25) is 0 Å². The first-order chi connectivity index (χ1) is 20.4. The van der Waals surface area contributed by atoms with Gasteiger partial charge in [-0.05, 0) is 66.6 Å². The standard InChI is InChI=1S/C33H52N2O9/c1-13-26-19(4)24(16-34)20(5)27(37)17(2)15-33(9,40-12)30(21(6)28(38)22(7)31(39)43-26)44-32-29(42-23(8)36)25(35(10)11)14-18(3)41-32/h17-18,20-22,25-26,29-30,32H,13-15H2,1-12H3/b24-19+/t17-,18-,20-,21+,22-,25+,26-,29-,30-,32+,33-/m1/s1. The summed E-state index contributed by atoms with van der Waals surface area (Å²) in [5, 5.41) is 10.0. The van der Waals surface area contributed by atoms with E-state index < -0.39 is 71.6 Å². The molecule has 0 N–H and O–H groups in total. The van der Waals surface area contributed by atoms with Crippen molar-refractivity contribution in [3.63, 3.8) is 0 Å². The molecule has 11 heteroatoms. The van der Waals surface area contributed by atoms with E-state index in [1.807, 2.05) is 32.8 Å². The van der Waals surface area contributed by atoms with E-state index in [1.54, 1.807) is 34.6 Å². The molecule has 1 saturated heterocycles. The fraction of sp³-hybridized carbons (Fsp3) is 0.788. The Labute approximate surface area is 262 Å². The summed E-state index contributed by atoms with van der Waals surface area (Å²) in [5.41, 5.74) is -0.512. The number of esters is 2. The number of ether oxygens (including phenoxy) is 5. The van der Waals surface area contributed by atoms with Crippen molar-refractivity contribution in [3.05, 3.63) is 11.1 Å². The SMILES string of the molecule is CC[C@H]1OC(=O)[C@H](C)C(=O)[C@H](C)[C@@H](O[C@@H]2O[C@H](C)C[C@H](N(C)C)[C@H]2OC(C)=O)[C@](C)(OC)C[C@@H](C)C(=O)[C@H](C)/C(C#N)=C/1C. The molecule has 2 rings (SSSR count). The topological polar surface area (TPSA) is 141 Å². The molecule has 11 atom stereocenters. The summed E-state index contributed by atoms with van der Waals surface area (Å²) in [5.74, 6) is -5.33. The number of Topliss-reactive ketones (excluding diaryl/α,β-unsaturated/α-hetero) is 2. The molecule has 0 aliphatic carbocycles. The lowest BCUT2D eigenvalue weighted by Gasteiger charge is -2.47. The molecule has 0 bridgehead atoms. The number of nitriles is 1. The summed E-state index contributed by atoms with van der Waals surface area (Å²) in [6, 6.07) is 1.91. The predicted molar refractivity (Wildman–Crippen MR) is 162 cm³/mol. The Morgan fingerprint density at radius 2 is 1.70 bits per heavy atom. The number of carbonyl (C=O) groups is 4. The Kier molecular flexibility index (Phi) is 13.3. The van der Waals surface area contributed by atoms with Crippen LogP contribution in [0.25, 0.3) is 0 Å². The highest BCUT2D eigenvalue weighted by Gasteiger charge is 2.50. The molecule has 0 radical (unpaired) electrons. The van der Waals surface area contributed by atoms with Gasteiger partial charge in [-0.3, -0.25) is 19.2 Å². The van der Waals surface area contributed by atoms with Crippen LogP contribution in [0, 0.1) is 35.0 Å². The van der Waals surface area contributed by atoms with Crippen molar-refractivity contribution in [1.82, 2.24) is 4.90 Å². The zero-order chi connectivity index (χ0) is 33.7. The molecule has 0 aromatic rings. The highest BCUT2D eigenvalue weighted by molar-refractivity contribution is 6.00. The molecule has 1 fully saturated rings. The molecule has 248 valence electrons. The minimum atomic E-state index is -1.24. The number of hydrogen-bond donors (Lipinski definition) is 0. The van der Waals surface area contributed by atoms with E-state index in [9.17, 15) is 24.4 Å². The van der Waals surface area contributed by atoms with E-state index in [0.29, 0.717) is 18.4 Å². The molecule has 0 aromatic heterocycles. The maximum atomic E-state index is 14.0. The Morgan fingerprint density at radius 1 is 1.09 bits per heavy atom. The van der Waals surface area contributed by atoms with Crippen molar-refractivity contribution in [2.45, 2.75) is 124 Å². The van der Waals surface area contributed by atoms with Gasteiger partial charge in [-0.25, -0.2) is 0 Å². The summed E-state index contributed by atoms with van der Waals surface area (Å²) in [4.78, 5) is 55.2. The van der Waals surface area contributed by atoms with Gasteiger partial charge >= 0.3 is 11.9 Å². The zero-order valence-corrected chi connectivity index (χ0v) is 28.5. The number of allylic oxidation sites excluding steroid dienone is 1. The van der Waals surface area contributed by atoms with Crippen LogP contribution in [0.5, 0.6) is 0 Å². The lowest BCUT2D eigenvalue weighted by molar-refractivity contribution is -0.298. The van der Waals surface area contributed by atoms with Crippen LogP contribution in [0.4, 0.5) is 0 Å². The van der Waals surface area contributed by atoms with Gasteiger partial charge in [0.2, 0.25) is 0 Å². The Hall–Kier alpha value is -2.65. The Morgan fingerprint density at radius 3 is 2.20 bits per heavy atom. The maximum absolute atomic E-state index is 14.0. The van der Waals surface area contributed by atoms with Gasteiger partial charge in [-0.1, -0.05) is 27.7 Å². The molecule has 0 amide bonds. The minimum Gasteiger partial charge on any atom is -0.457 e. The van der Waals surface area contributed by atoms with E-state index in [0.717, 1.165) is 0 Å². The van der Waals surface area contributed by atoms with Crippen LogP contribution in [0.15, 0.2) is 11.1 Å². The lowest BCUT2D eigenvalue weighted by Crippen LogP contribution is -2.60. The normalized spacial score (nSPS) is 39.8. The third-order valence-corrected chi connectivity index (χ3v) is 9.30. The second kappa shape index (κ2) is 15.6. The fourth-order valence-corrected chi connectivity index (χ4v) is 6.57. The first-order valence-corrected chi connectivity index (χ1v) is 15.5. The smallest absolute Gasteiger partial charge is 0.316 e. The molecular weight excluding hydrogens is 568 g/mol. The molecule has 11 nitrogen and oxygen atoms in total. The van der Waals surface area contributed by atoms with Gasteiger partial charge in [-0.2, -0.15) is 5.26 Å². The van der Waals surface area contributed by atoms with Gasteiger partial charge in [0, 0.05) is 31.4 Å². The van der Waals surface area contributed by atoms with Crippen LogP contribution in [0.1, 0.15) is 81.6 Å². The lowest BCUT2D eigenvalue weighted by atomic mass is 9.75. The van der Waals surface area contributed by atoms with E-state index >= 15 is 0 Å². The Bertz CT molecular complexity index is 1140.